The number of fused-ring (bicyclic) bond motifs is 3. The summed E-state index contributed by atoms with van der Waals surface area (Å²) in [5, 5.41) is 1.93. The third-order valence-corrected chi connectivity index (χ3v) is 4.85. The topological polar surface area (TPSA) is 49.9 Å². The molecule has 0 amide bonds. The van der Waals surface area contributed by atoms with Crippen LogP contribution in [0.4, 0.5) is 0 Å². The Kier molecular flexibility index (Phi) is 4.13. The van der Waals surface area contributed by atoms with Gasteiger partial charge in [0.1, 0.15) is 12.6 Å². The molecule has 0 radical (unpaired) electrons. The van der Waals surface area contributed by atoms with Gasteiger partial charge in [0.2, 0.25) is 0 Å². The molecule has 3 nitrogen and oxygen atoms in total. The lowest BCUT2D eigenvalue weighted by atomic mass is 9.93. The summed E-state index contributed by atoms with van der Waals surface area (Å²) in [6.45, 7) is 2.16. The number of carbonyl (C=O) groups excluding carboxylic acids is 2. The van der Waals surface area contributed by atoms with Crippen LogP contribution in [0.15, 0.2) is 54.6 Å². The fourth-order valence-corrected chi connectivity index (χ4v) is 3.66. The third-order valence-electron chi connectivity index (χ3n) is 4.85. The van der Waals surface area contributed by atoms with Gasteiger partial charge >= 0.3 is 0 Å². The van der Waals surface area contributed by atoms with E-state index in [4.69, 9.17) is 0 Å². The molecule has 0 atom stereocenters. The number of benzene rings is 3. The summed E-state index contributed by atoms with van der Waals surface area (Å²) in [6.07, 6.45) is 3.77. The number of aryl methyl sites for hydroxylation is 1. The maximum absolute atomic E-state index is 11.6. The van der Waals surface area contributed by atoms with Crippen LogP contribution in [0.5, 0.6) is 0 Å². The molecule has 128 valence electrons. The van der Waals surface area contributed by atoms with Gasteiger partial charge in [0.15, 0.2) is 0 Å². The maximum atomic E-state index is 11.6. The lowest BCUT2D eigenvalue weighted by molar-refractivity contribution is 0.111. The Morgan fingerprint density at radius 3 is 2.38 bits per heavy atom. The minimum absolute atomic E-state index is 0.628. The summed E-state index contributed by atoms with van der Waals surface area (Å²) in [7, 11) is 0. The van der Waals surface area contributed by atoms with Gasteiger partial charge in [-0.2, -0.15) is 0 Å². The highest BCUT2D eigenvalue weighted by Gasteiger charge is 2.14. The van der Waals surface area contributed by atoms with Gasteiger partial charge in [-0.25, -0.2) is 0 Å². The average Bonchev–Trinajstić information content (AvgIpc) is 3.05. The van der Waals surface area contributed by atoms with Crippen molar-refractivity contribution >= 4 is 34.4 Å². The van der Waals surface area contributed by atoms with Crippen molar-refractivity contribution in [2.45, 2.75) is 19.8 Å². The first-order valence-corrected chi connectivity index (χ1v) is 8.83. The van der Waals surface area contributed by atoms with Crippen LogP contribution in [-0.2, 0) is 6.42 Å². The molecule has 4 rings (SSSR count). The molecule has 0 unspecified atom stereocenters. The zero-order valence-electron chi connectivity index (χ0n) is 14.6. The van der Waals surface area contributed by atoms with E-state index >= 15 is 0 Å². The van der Waals surface area contributed by atoms with E-state index in [0.29, 0.717) is 11.1 Å². The van der Waals surface area contributed by atoms with E-state index in [0.717, 1.165) is 58.3 Å². The Morgan fingerprint density at radius 1 is 0.846 bits per heavy atom. The molecular formula is C23H19NO2. The van der Waals surface area contributed by atoms with Crippen LogP contribution in [0.25, 0.3) is 32.9 Å². The summed E-state index contributed by atoms with van der Waals surface area (Å²) < 4.78 is 0. The number of carbonyl (C=O) groups is 2. The first kappa shape index (κ1) is 16.3. The first-order chi connectivity index (χ1) is 12.7. The Morgan fingerprint density at radius 2 is 1.62 bits per heavy atom. The zero-order valence-corrected chi connectivity index (χ0v) is 14.6. The van der Waals surface area contributed by atoms with Crippen molar-refractivity contribution in [3.63, 3.8) is 0 Å². The second-order valence-corrected chi connectivity index (χ2v) is 6.56. The van der Waals surface area contributed by atoms with Gasteiger partial charge in [0, 0.05) is 33.0 Å². The molecule has 26 heavy (non-hydrogen) atoms. The summed E-state index contributed by atoms with van der Waals surface area (Å²) in [5.41, 5.74) is 6.66. The van der Waals surface area contributed by atoms with Crippen molar-refractivity contribution in [3.8, 4) is 11.1 Å². The van der Waals surface area contributed by atoms with Crippen molar-refractivity contribution in [3.05, 3.63) is 71.3 Å². The second-order valence-electron chi connectivity index (χ2n) is 6.56. The highest BCUT2D eigenvalue weighted by atomic mass is 16.1. The molecule has 0 bridgehead atoms. The monoisotopic (exact) mass is 341 g/mol. The highest BCUT2D eigenvalue weighted by molar-refractivity contribution is 6.14. The Hall–Kier alpha value is -3.20. The van der Waals surface area contributed by atoms with Crippen LogP contribution in [-0.4, -0.2) is 17.6 Å². The van der Waals surface area contributed by atoms with Crippen LogP contribution >= 0.6 is 0 Å². The van der Waals surface area contributed by atoms with Crippen LogP contribution in [0.1, 0.15) is 39.6 Å². The van der Waals surface area contributed by atoms with Gasteiger partial charge in [-0.05, 0) is 47.9 Å². The Labute approximate surface area is 151 Å². The molecule has 0 aliphatic heterocycles. The van der Waals surface area contributed by atoms with Crippen LogP contribution in [0.3, 0.4) is 0 Å². The van der Waals surface area contributed by atoms with E-state index in [1.165, 1.54) is 5.56 Å². The maximum Gasteiger partial charge on any atom is 0.150 e. The van der Waals surface area contributed by atoms with Gasteiger partial charge in [0.05, 0.1) is 5.52 Å². The van der Waals surface area contributed by atoms with E-state index in [1.807, 2.05) is 30.3 Å². The number of H-pyrrole nitrogens is 1. The smallest absolute Gasteiger partial charge is 0.150 e. The predicted molar refractivity (Wildman–Crippen MR) is 106 cm³/mol. The minimum Gasteiger partial charge on any atom is -0.354 e. The predicted octanol–water partition coefficient (Wildman–Crippen LogP) is 5.57. The van der Waals surface area contributed by atoms with E-state index in [1.54, 1.807) is 6.07 Å². The van der Waals surface area contributed by atoms with E-state index in [-0.39, 0.29) is 0 Å². The quantitative estimate of drug-likeness (QED) is 0.483. The van der Waals surface area contributed by atoms with E-state index < -0.39 is 0 Å². The van der Waals surface area contributed by atoms with Crippen LogP contribution in [0.2, 0.25) is 0 Å². The molecule has 3 heteroatoms. The summed E-state index contributed by atoms with van der Waals surface area (Å²) in [5.74, 6) is 0. The molecule has 0 aliphatic rings. The second kappa shape index (κ2) is 6.60. The van der Waals surface area contributed by atoms with Gasteiger partial charge in [-0.3, -0.25) is 9.59 Å². The van der Waals surface area contributed by atoms with Gasteiger partial charge in [-0.1, -0.05) is 37.6 Å². The molecule has 4 aromatic rings. The Bertz CT molecular complexity index is 1140. The van der Waals surface area contributed by atoms with Crippen molar-refractivity contribution in [2.24, 2.45) is 0 Å². The van der Waals surface area contributed by atoms with Crippen molar-refractivity contribution in [1.82, 2.24) is 4.98 Å². The average molecular weight is 341 g/mol. The molecule has 3 aromatic carbocycles. The van der Waals surface area contributed by atoms with Gasteiger partial charge in [0.25, 0.3) is 0 Å². The summed E-state index contributed by atoms with van der Waals surface area (Å²) in [4.78, 5) is 26.2. The zero-order chi connectivity index (χ0) is 18.1. The van der Waals surface area contributed by atoms with Crippen LogP contribution < -0.4 is 0 Å². The number of aromatic amines is 1. The molecule has 0 saturated heterocycles. The minimum atomic E-state index is 0.628. The largest absolute Gasteiger partial charge is 0.354 e. The Balaban J connectivity index is 2.09. The normalized spacial score (nSPS) is 11.1. The van der Waals surface area contributed by atoms with E-state index in [2.05, 4.69) is 30.1 Å². The number of aldehydes is 2. The first-order valence-electron chi connectivity index (χ1n) is 8.83. The standard InChI is InChI=1S/C23H19NO2/c1-2-5-17-6-3-4-7-18(17)20-11-16(14-26)12-21-19-10-15(13-25)8-9-22(19)24-23(20)21/h3-4,6-14,24H,2,5H2,1H3. The third kappa shape index (κ3) is 2.62. The summed E-state index contributed by atoms with van der Waals surface area (Å²) in [6, 6.07) is 17.8. The van der Waals surface area contributed by atoms with Gasteiger partial charge < -0.3 is 4.98 Å². The number of rotatable bonds is 5. The fourth-order valence-electron chi connectivity index (χ4n) is 3.66. The molecular weight excluding hydrogens is 322 g/mol. The van der Waals surface area contributed by atoms with Crippen molar-refractivity contribution in [2.75, 3.05) is 0 Å². The fraction of sp³-hybridized carbons (Fsp3) is 0.130. The SMILES string of the molecule is CCCc1ccccc1-c1cc(C=O)cc2c1[nH]c1ccc(C=O)cc12. The lowest BCUT2D eigenvalue weighted by Gasteiger charge is -2.11. The molecule has 0 aliphatic carbocycles. The van der Waals surface area contributed by atoms with Gasteiger partial charge in [-0.15, -0.1) is 0 Å². The van der Waals surface area contributed by atoms with Crippen molar-refractivity contribution < 1.29 is 9.59 Å². The molecule has 1 heterocycles. The number of nitrogens with one attached hydrogen (secondary N) is 1. The number of hydrogen-bond acceptors (Lipinski definition) is 2. The number of hydrogen-bond donors (Lipinski definition) is 1. The molecule has 0 spiro atoms. The summed E-state index contributed by atoms with van der Waals surface area (Å²) >= 11 is 0. The van der Waals surface area contributed by atoms with E-state index in [9.17, 15) is 9.59 Å². The molecule has 0 fully saturated rings. The molecule has 1 N–H and O–H groups in total. The van der Waals surface area contributed by atoms with Crippen molar-refractivity contribution in [1.29, 1.82) is 0 Å². The number of aromatic nitrogens is 1. The van der Waals surface area contributed by atoms with Crippen LogP contribution in [0, 0.1) is 0 Å². The molecule has 1 aromatic heterocycles. The highest BCUT2D eigenvalue weighted by Crippen LogP contribution is 2.36. The molecule has 0 saturated carbocycles. The lowest BCUT2D eigenvalue weighted by Crippen LogP contribution is -1.92.